The molecular weight excluding hydrogens is 112 g/mol. The van der Waals surface area contributed by atoms with E-state index in [1.54, 1.807) is 0 Å². The Morgan fingerprint density at radius 1 is 1.56 bits per heavy atom. The number of hydrogen-bond acceptors (Lipinski definition) is 1. The van der Waals surface area contributed by atoms with Gasteiger partial charge in [0, 0.05) is 12.3 Å². The molecule has 0 radical (unpaired) electrons. The molecule has 9 heavy (non-hydrogen) atoms. The first kappa shape index (κ1) is 6.79. The average molecular weight is 126 g/mol. The van der Waals surface area contributed by atoms with Crippen LogP contribution in [-0.4, -0.2) is 5.78 Å². The summed E-state index contributed by atoms with van der Waals surface area (Å²) >= 11 is 0. The molecule has 1 fully saturated rings. The standard InChI is InChI=1S/C8H14O/c1-5(2)7-4-8(9)6(7)3/h5-7H,4H2,1-3H3/t6-,7-/m1/s1. The fourth-order valence-corrected chi connectivity index (χ4v) is 1.49. The number of hydrogen-bond donors (Lipinski definition) is 0. The third-order valence-electron chi connectivity index (χ3n) is 2.44. The zero-order chi connectivity index (χ0) is 7.02. The topological polar surface area (TPSA) is 17.1 Å². The summed E-state index contributed by atoms with van der Waals surface area (Å²) in [6.07, 6.45) is 0.832. The van der Waals surface area contributed by atoms with E-state index in [1.807, 2.05) is 6.92 Å². The van der Waals surface area contributed by atoms with Gasteiger partial charge in [-0.1, -0.05) is 20.8 Å². The Morgan fingerprint density at radius 3 is 2.22 bits per heavy atom. The third kappa shape index (κ3) is 1.00. The highest BCUT2D eigenvalue weighted by atomic mass is 16.1. The molecule has 0 spiro atoms. The Morgan fingerprint density at radius 2 is 2.11 bits per heavy atom. The van der Waals surface area contributed by atoms with Crippen molar-refractivity contribution in [2.24, 2.45) is 17.8 Å². The van der Waals surface area contributed by atoms with Crippen LogP contribution in [0.4, 0.5) is 0 Å². The molecule has 1 aliphatic carbocycles. The predicted molar refractivity (Wildman–Crippen MR) is 37.1 cm³/mol. The van der Waals surface area contributed by atoms with Gasteiger partial charge in [0.25, 0.3) is 0 Å². The molecule has 2 atom stereocenters. The highest BCUT2D eigenvalue weighted by molar-refractivity contribution is 5.87. The van der Waals surface area contributed by atoms with Gasteiger partial charge in [-0.15, -0.1) is 0 Å². The maximum Gasteiger partial charge on any atom is 0.136 e. The van der Waals surface area contributed by atoms with E-state index in [4.69, 9.17) is 0 Å². The van der Waals surface area contributed by atoms with Crippen LogP contribution < -0.4 is 0 Å². The fraction of sp³-hybridized carbons (Fsp3) is 0.875. The van der Waals surface area contributed by atoms with Crippen LogP contribution in [0.15, 0.2) is 0 Å². The van der Waals surface area contributed by atoms with E-state index >= 15 is 0 Å². The van der Waals surface area contributed by atoms with Crippen LogP contribution in [0.2, 0.25) is 0 Å². The SMILES string of the molecule is CC(C)[C@H]1CC(=O)[C@@H]1C. The van der Waals surface area contributed by atoms with Crippen LogP contribution in [0.1, 0.15) is 27.2 Å². The average Bonchev–Trinajstić information content (AvgIpc) is 1.81. The number of carbonyl (C=O) groups excluding carboxylic acids is 1. The van der Waals surface area contributed by atoms with Crippen molar-refractivity contribution < 1.29 is 4.79 Å². The van der Waals surface area contributed by atoms with Crippen LogP contribution in [0.5, 0.6) is 0 Å². The smallest absolute Gasteiger partial charge is 0.136 e. The summed E-state index contributed by atoms with van der Waals surface area (Å²) in [5, 5.41) is 0. The lowest BCUT2D eigenvalue weighted by Gasteiger charge is -2.35. The molecule has 0 bridgehead atoms. The summed E-state index contributed by atoms with van der Waals surface area (Å²) in [6, 6.07) is 0. The number of carbonyl (C=O) groups is 1. The van der Waals surface area contributed by atoms with Gasteiger partial charge in [-0.05, 0) is 11.8 Å². The highest BCUT2D eigenvalue weighted by Crippen LogP contribution is 2.35. The highest BCUT2D eigenvalue weighted by Gasteiger charge is 2.37. The van der Waals surface area contributed by atoms with Crippen LogP contribution in [0.25, 0.3) is 0 Å². The molecule has 1 aliphatic rings. The van der Waals surface area contributed by atoms with Crippen molar-refractivity contribution in [3.63, 3.8) is 0 Å². The molecule has 0 heterocycles. The summed E-state index contributed by atoms with van der Waals surface area (Å²) in [6.45, 7) is 6.41. The number of Topliss-reactive ketones (excluding diaryl/α,β-unsaturated/α-hetero) is 1. The molecule has 0 aromatic heterocycles. The zero-order valence-corrected chi connectivity index (χ0v) is 6.35. The molecule has 0 saturated heterocycles. The van der Waals surface area contributed by atoms with Crippen molar-refractivity contribution >= 4 is 5.78 Å². The predicted octanol–water partition coefficient (Wildman–Crippen LogP) is 1.87. The summed E-state index contributed by atoms with van der Waals surface area (Å²) in [4.78, 5) is 10.7. The van der Waals surface area contributed by atoms with E-state index in [9.17, 15) is 4.79 Å². The maximum absolute atomic E-state index is 10.7. The summed E-state index contributed by atoms with van der Waals surface area (Å²) in [7, 11) is 0. The molecule has 52 valence electrons. The van der Waals surface area contributed by atoms with Crippen molar-refractivity contribution in [3.8, 4) is 0 Å². The second-order valence-electron chi connectivity index (χ2n) is 3.37. The van der Waals surface area contributed by atoms with Gasteiger partial charge in [0.15, 0.2) is 0 Å². The second kappa shape index (κ2) is 2.13. The Balaban J connectivity index is 2.42. The van der Waals surface area contributed by atoms with E-state index in [-0.39, 0.29) is 0 Å². The third-order valence-corrected chi connectivity index (χ3v) is 2.44. The van der Waals surface area contributed by atoms with Gasteiger partial charge in [-0.25, -0.2) is 0 Å². The van der Waals surface area contributed by atoms with Gasteiger partial charge >= 0.3 is 0 Å². The Bertz CT molecular complexity index is 127. The quantitative estimate of drug-likeness (QED) is 0.524. The molecule has 1 rings (SSSR count). The lowest BCUT2D eigenvalue weighted by Crippen LogP contribution is -2.37. The molecule has 1 nitrogen and oxygen atoms in total. The van der Waals surface area contributed by atoms with E-state index in [0.717, 1.165) is 6.42 Å². The van der Waals surface area contributed by atoms with Gasteiger partial charge in [0.1, 0.15) is 5.78 Å². The van der Waals surface area contributed by atoms with E-state index < -0.39 is 0 Å². The van der Waals surface area contributed by atoms with Crippen molar-refractivity contribution in [1.29, 1.82) is 0 Å². The minimum Gasteiger partial charge on any atom is -0.299 e. The molecule has 0 aromatic rings. The first-order valence-electron chi connectivity index (χ1n) is 3.65. The Kier molecular flexibility index (Phi) is 1.60. The maximum atomic E-state index is 10.7. The minimum absolute atomic E-state index is 0.352. The first-order chi connectivity index (χ1) is 4.13. The van der Waals surface area contributed by atoms with Crippen molar-refractivity contribution in [2.75, 3.05) is 0 Å². The van der Waals surface area contributed by atoms with Crippen molar-refractivity contribution in [2.45, 2.75) is 27.2 Å². The van der Waals surface area contributed by atoms with Crippen molar-refractivity contribution in [3.05, 3.63) is 0 Å². The van der Waals surface area contributed by atoms with E-state index in [2.05, 4.69) is 13.8 Å². The number of rotatable bonds is 1. The molecular formula is C8H14O. The van der Waals surface area contributed by atoms with Gasteiger partial charge in [-0.2, -0.15) is 0 Å². The number of ketones is 1. The minimum atomic E-state index is 0.352. The lowest BCUT2D eigenvalue weighted by atomic mass is 9.68. The van der Waals surface area contributed by atoms with Crippen molar-refractivity contribution in [1.82, 2.24) is 0 Å². The van der Waals surface area contributed by atoms with Crippen LogP contribution in [0, 0.1) is 17.8 Å². The summed E-state index contributed by atoms with van der Waals surface area (Å²) in [5.41, 5.74) is 0. The fourth-order valence-electron chi connectivity index (χ4n) is 1.49. The molecule has 0 unspecified atom stereocenters. The van der Waals surface area contributed by atoms with Gasteiger partial charge < -0.3 is 0 Å². The van der Waals surface area contributed by atoms with Gasteiger partial charge in [-0.3, -0.25) is 4.79 Å². The van der Waals surface area contributed by atoms with Crippen LogP contribution >= 0.6 is 0 Å². The van der Waals surface area contributed by atoms with Gasteiger partial charge in [0.2, 0.25) is 0 Å². The first-order valence-corrected chi connectivity index (χ1v) is 3.65. The largest absolute Gasteiger partial charge is 0.299 e. The zero-order valence-electron chi connectivity index (χ0n) is 6.35. The molecule has 0 amide bonds. The normalized spacial score (nSPS) is 34.9. The molecule has 0 N–H and O–H groups in total. The van der Waals surface area contributed by atoms with E-state index in [0.29, 0.717) is 23.5 Å². The molecule has 1 heteroatoms. The lowest BCUT2D eigenvalue weighted by molar-refractivity contribution is -0.134. The van der Waals surface area contributed by atoms with Crippen LogP contribution in [0.3, 0.4) is 0 Å². The molecule has 1 saturated carbocycles. The molecule has 0 aliphatic heterocycles. The van der Waals surface area contributed by atoms with Gasteiger partial charge in [0.05, 0.1) is 0 Å². The Hall–Kier alpha value is -0.330. The second-order valence-corrected chi connectivity index (χ2v) is 3.37. The monoisotopic (exact) mass is 126 g/mol. The summed E-state index contributed by atoms with van der Waals surface area (Å²) in [5.74, 6) is 2.17. The Labute approximate surface area is 56.4 Å². The van der Waals surface area contributed by atoms with E-state index in [1.165, 1.54) is 0 Å². The molecule has 0 aromatic carbocycles. The summed E-state index contributed by atoms with van der Waals surface area (Å²) < 4.78 is 0. The van der Waals surface area contributed by atoms with Crippen LogP contribution in [-0.2, 0) is 4.79 Å².